The third-order valence-electron chi connectivity index (χ3n) is 5.25. The van der Waals surface area contributed by atoms with Gasteiger partial charge in [-0.1, -0.05) is 18.6 Å². The first-order chi connectivity index (χ1) is 8.43. The van der Waals surface area contributed by atoms with Crippen LogP contribution in [-0.2, 0) is 9.53 Å². The van der Waals surface area contributed by atoms with Crippen LogP contribution in [0, 0.1) is 11.3 Å². The number of ether oxygens (including phenoxy) is 1. The van der Waals surface area contributed by atoms with E-state index >= 15 is 0 Å². The lowest BCUT2D eigenvalue weighted by molar-refractivity contribution is -0.143. The van der Waals surface area contributed by atoms with Crippen LogP contribution in [0.5, 0.6) is 0 Å². The molecule has 0 aromatic rings. The summed E-state index contributed by atoms with van der Waals surface area (Å²) in [6, 6.07) is 0. The van der Waals surface area contributed by atoms with Crippen LogP contribution < -0.4 is 0 Å². The molecular formula is C15H20O3. The fraction of sp³-hybridized carbons (Fsp3) is 0.667. The van der Waals surface area contributed by atoms with Gasteiger partial charge >= 0.3 is 5.97 Å². The molecule has 3 nitrogen and oxygen atoms in total. The summed E-state index contributed by atoms with van der Waals surface area (Å²) in [5, 5.41) is 10.3. The second-order valence-corrected chi connectivity index (χ2v) is 6.21. The molecule has 0 amide bonds. The van der Waals surface area contributed by atoms with Crippen molar-refractivity contribution in [3.8, 4) is 0 Å². The van der Waals surface area contributed by atoms with Crippen molar-refractivity contribution >= 4 is 5.97 Å². The summed E-state index contributed by atoms with van der Waals surface area (Å²) in [5.41, 5.74) is 3.14. The van der Waals surface area contributed by atoms with Crippen LogP contribution >= 0.6 is 0 Å². The SMILES string of the molecule is CC1=CC[C@@H](O)[C@]2(C)C[C@@H]3OC(=O)C(C)=C3C[C@@H]12. The number of aliphatic hydroxyl groups excluding tert-OH is 1. The number of rotatable bonds is 0. The van der Waals surface area contributed by atoms with Crippen molar-refractivity contribution in [2.24, 2.45) is 11.3 Å². The van der Waals surface area contributed by atoms with Crippen molar-refractivity contribution in [3.63, 3.8) is 0 Å². The van der Waals surface area contributed by atoms with Gasteiger partial charge in [0.1, 0.15) is 6.10 Å². The monoisotopic (exact) mass is 248 g/mol. The number of allylic oxidation sites excluding steroid dienone is 1. The Labute approximate surface area is 108 Å². The predicted molar refractivity (Wildman–Crippen MR) is 67.8 cm³/mol. The molecule has 0 saturated heterocycles. The molecule has 1 heterocycles. The van der Waals surface area contributed by atoms with Gasteiger partial charge in [0.15, 0.2) is 0 Å². The van der Waals surface area contributed by atoms with E-state index in [0.717, 1.165) is 30.4 Å². The van der Waals surface area contributed by atoms with Crippen LogP contribution in [-0.4, -0.2) is 23.3 Å². The summed E-state index contributed by atoms with van der Waals surface area (Å²) in [5.74, 6) is 0.172. The van der Waals surface area contributed by atoms with E-state index in [2.05, 4.69) is 19.9 Å². The maximum atomic E-state index is 11.7. The van der Waals surface area contributed by atoms with Crippen molar-refractivity contribution in [2.45, 2.75) is 52.2 Å². The number of aliphatic hydroxyl groups is 1. The average Bonchev–Trinajstić information content (AvgIpc) is 2.58. The van der Waals surface area contributed by atoms with Crippen LogP contribution in [0.3, 0.4) is 0 Å². The maximum absolute atomic E-state index is 11.7. The highest BCUT2D eigenvalue weighted by Gasteiger charge is 2.52. The molecule has 1 N–H and O–H groups in total. The molecule has 2 aliphatic carbocycles. The summed E-state index contributed by atoms with van der Waals surface area (Å²) in [6.07, 6.45) is 4.05. The average molecular weight is 248 g/mol. The standard InChI is InChI=1S/C15H20O3/c1-8-4-5-13(16)15(3)7-12-10(6-11(8)15)9(2)14(17)18-12/h4,11-13,16H,5-7H2,1-3H3/t11-,12-,13+,15+/m0/s1. The molecule has 0 bridgehead atoms. The van der Waals surface area contributed by atoms with Crippen LogP contribution in [0.1, 0.15) is 40.0 Å². The van der Waals surface area contributed by atoms with E-state index in [1.165, 1.54) is 5.57 Å². The lowest BCUT2D eigenvalue weighted by Gasteiger charge is -2.49. The number of carbonyl (C=O) groups is 1. The molecule has 3 heteroatoms. The Morgan fingerprint density at radius 1 is 1.44 bits per heavy atom. The molecule has 0 unspecified atom stereocenters. The molecule has 0 spiro atoms. The van der Waals surface area contributed by atoms with E-state index in [0.29, 0.717) is 5.92 Å². The van der Waals surface area contributed by atoms with Gasteiger partial charge in [-0.15, -0.1) is 0 Å². The first kappa shape index (κ1) is 12.0. The minimum absolute atomic E-state index is 0.0979. The fourth-order valence-corrected chi connectivity index (χ4v) is 3.86. The second-order valence-electron chi connectivity index (χ2n) is 6.21. The van der Waals surface area contributed by atoms with Gasteiger partial charge in [-0.3, -0.25) is 0 Å². The van der Waals surface area contributed by atoms with Crippen molar-refractivity contribution in [3.05, 3.63) is 22.8 Å². The zero-order chi connectivity index (χ0) is 13.1. The van der Waals surface area contributed by atoms with E-state index in [9.17, 15) is 9.90 Å². The van der Waals surface area contributed by atoms with Crippen molar-refractivity contribution < 1.29 is 14.6 Å². The zero-order valence-corrected chi connectivity index (χ0v) is 11.2. The molecule has 98 valence electrons. The van der Waals surface area contributed by atoms with Crippen LogP contribution in [0.2, 0.25) is 0 Å². The Bertz CT molecular complexity index is 474. The predicted octanol–water partition coefficient (Wildman–Crippen LogP) is 2.36. The number of esters is 1. The first-order valence-electron chi connectivity index (χ1n) is 6.69. The highest BCUT2D eigenvalue weighted by molar-refractivity contribution is 5.91. The van der Waals surface area contributed by atoms with Gasteiger partial charge in [-0.05, 0) is 44.6 Å². The Balaban J connectivity index is 2.02. The number of hydrogen-bond donors (Lipinski definition) is 1. The smallest absolute Gasteiger partial charge is 0.334 e. The quantitative estimate of drug-likeness (QED) is 0.529. The largest absolute Gasteiger partial charge is 0.454 e. The minimum Gasteiger partial charge on any atom is -0.454 e. The van der Waals surface area contributed by atoms with E-state index in [4.69, 9.17) is 4.74 Å². The molecular weight excluding hydrogens is 228 g/mol. The van der Waals surface area contributed by atoms with Crippen LogP contribution in [0.4, 0.5) is 0 Å². The Morgan fingerprint density at radius 2 is 2.17 bits per heavy atom. The summed E-state index contributed by atoms with van der Waals surface area (Å²) in [7, 11) is 0. The number of hydrogen-bond acceptors (Lipinski definition) is 3. The Hall–Kier alpha value is -1.09. The minimum atomic E-state index is -0.327. The summed E-state index contributed by atoms with van der Waals surface area (Å²) in [4.78, 5) is 11.7. The fourth-order valence-electron chi connectivity index (χ4n) is 3.86. The van der Waals surface area contributed by atoms with E-state index in [1.807, 2.05) is 6.92 Å². The van der Waals surface area contributed by atoms with Gasteiger partial charge in [-0.2, -0.15) is 0 Å². The topological polar surface area (TPSA) is 46.5 Å². The van der Waals surface area contributed by atoms with Crippen molar-refractivity contribution in [1.82, 2.24) is 0 Å². The van der Waals surface area contributed by atoms with Gasteiger partial charge in [0.2, 0.25) is 0 Å². The van der Waals surface area contributed by atoms with E-state index in [1.54, 1.807) is 0 Å². The molecule has 0 radical (unpaired) electrons. The molecule has 18 heavy (non-hydrogen) atoms. The highest BCUT2D eigenvalue weighted by Crippen LogP contribution is 2.54. The second kappa shape index (κ2) is 3.70. The van der Waals surface area contributed by atoms with Gasteiger partial charge in [0.05, 0.1) is 6.10 Å². The lowest BCUT2D eigenvalue weighted by Crippen LogP contribution is -2.48. The molecule has 1 aliphatic heterocycles. The lowest BCUT2D eigenvalue weighted by atomic mass is 9.57. The maximum Gasteiger partial charge on any atom is 0.334 e. The molecule has 1 saturated carbocycles. The van der Waals surface area contributed by atoms with Crippen LogP contribution in [0.25, 0.3) is 0 Å². The third kappa shape index (κ3) is 1.43. The van der Waals surface area contributed by atoms with Gasteiger partial charge in [0.25, 0.3) is 0 Å². The summed E-state index contributed by atoms with van der Waals surface area (Å²) < 4.78 is 5.43. The molecule has 0 aromatic carbocycles. The Morgan fingerprint density at radius 3 is 2.89 bits per heavy atom. The Kier molecular flexibility index (Phi) is 2.46. The van der Waals surface area contributed by atoms with Crippen molar-refractivity contribution in [2.75, 3.05) is 0 Å². The van der Waals surface area contributed by atoms with Crippen LogP contribution in [0.15, 0.2) is 22.8 Å². The number of carbonyl (C=O) groups excluding carboxylic acids is 1. The molecule has 4 atom stereocenters. The molecule has 3 aliphatic rings. The van der Waals surface area contributed by atoms with Crippen molar-refractivity contribution in [1.29, 1.82) is 0 Å². The molecule has 1 fully saturated rings. The van der Waals surface area contributed by atoms with E-state index < -0.39 is 0 Å². The molecule has 0 aromatic heterocycles. The molecule has 3 rings (SSSR count). The normalized spacial score (nSPS) is 43.2. The first-order valence-corrected chi connectivity index (χ1v) is 6.69. The third-order valence-corrected chi connectivity index (χ3v) is 5.25. The zero-order valence-electron chi connectivity index (χ0n) is 11.2. The van der Waals surface area contributed by atoms with Gasteiger partial charge in [0, 0.05) is 11.0 Å². The van der Waals surface area contributed by atoms with Gasteiger partial charge < -0.3 is 9.84 Å². The van der Waals surface area contributed by atoms with E-state index in [-0.39, 0.29) is 23.6 Å². The highest BCUT2D eigenvalue weighted by atomic mass is 16.5. The number of fused-ring (bicyclic) bond motifs is 2. The summed E-state index contributed by atoms with van der Waals surface area (Å²) >= 11 is 0. The summed E-state index contributed by atoms with van der Waals surface area (Å²) in [6.45, 7) is 6.14. The van der Waals surface area contributed by atoms with Gasteiger partial charge in [-0.25, -0.2) is 4.79 Å².